The van der Waals surface area contributed by atoms with Crippen molar-refractivity contribution < 1.29 is 13.3 Å². The molecule has 0 aliphatic heterocycles. The lowest BCUT2D eigenvalue weighted by Crippen LogP contribution is -2.55. The van der Waals surface area contributed by atoms with Gasteiger partial charge in [-0.25, -0.2) is 0 Å². The molecule has 0 saturated carbocycles. The normalized spacial score (nSPS) is 14.8. The van der Waals surface area contributed by atoms with Gasteiger partial charge in [-0.15, -0.1) is 11.8 Å². The first-order valence-corrected chi connectivity index (χ1v) is 11.0. The van der Waals surface area contributed by atoms with Gasteiger partial charge in [-0.1, -0.05) is 37.3 Å². The molecule has 0 aliphatic rings. The second kappa shape index (κ2) is 10.4. The van der Waals surface area contributed by atoms with E-state index >= 15 is 0 Å². The van der Waals surface area contributed by atoms with E-state index in [1.54, 1.807) is 0 Å². The summed E-state index contributed by atoms with van der Waals surface area (Å²) in [5.41, 5.74) is 1.33. The predicted octanol–water partition coefficient (Wildman–Crippen LogP) is 4.85. The minimum atomic E-state index is -2.66. The highest BCUT2D eigenvalue weighted by molar-refractivity contribution is 8.01. The maximum Gasteiger partial charge on any atom is 0.514 e. The van der Waals surface area contributed by atoms with E-state index in [1.165, 1.54) is 5.56 Å². The summed E-state index contributed by atoms with van der Waals surface area (Å²) < 4.78 is 18.2. The van der Waals surface area contributed by atoms with Gasteiger partial charge in [0, 0.05) is 25.1 Å². The zero-order chi connectivity index (χ0) is 16.4. The van der Waals surface area contributed by atoms with Gasteiger partial charge >= 0.3 is 8.80 Å². The molecule has 1 aromatic carbocycles. The molecule has 22 heavy (non-hydrogen) atoms. The second-order valence-corrected chi connectivity index (χ2v) is 9.73. The molecule has 0 N–H and O–H groups in total. The third-order valence-electron chi connectivity index (χ3n) is 3.44. The molecule has 1 aromatic rings. The molecule has 0 saturated heterocycles. The SMILES string of the molecule is CCO[Si](OCC)(OCC)C(CC)SC(C)c1ccccc1. The Morgan fingerprint density at radius 1 is 0.909 bits per heavy atom. The summed E-state index contributed by atoms with van der Waals surface area (Å²) in [7, 11) is -2.66. The van der Waals surface area contributed by atoms with E-state index in [0.717, 1.165) is 6.42 Å². The van der Waals surface area contributed by atoms with Gasteiger partial charge in [0.25, 0.3) is 0 Å². The van der Waals surface area contributed by atoms with Crippen LogP contribution in [0.5, 0.6) is 0 Å². The molecule has 126 valence electrons. The highest BCUT2D eigenvalue weighted by atomic mass is 32.2. The molecular formula is C17H30O3SSi. The fourth-order valence-corrected chi connectivity index (χ4v) is 7.89. The van der Waals surface area contributed by atoms with Crippen molar-refractivity contribution in [1.82, 2.24) is 0 Å². The van der Waals surface area contributed by atoms with Gasteiger partial charge in [0.2, 0.25) is 0 Å². The summed E-state index contributed by atoms with van der Waals surface area (Å²) in [4.78, 5) is 0.252. The van der Waals surface area contributed by atoms with Gasteiger partial charge in [0.05, 0.1) is 4.87 Å². The molecule has 5 heteroatoms. The monoisotopic (exact) mass is 342 g/mol. The highest BCUT2D eigenvalue weighted by Crippen LogP contribution is 2.38. The quantitative estimate of drug-likeness (QED) is 0.537. The van der Waals surface area contributed by atoms with Crippen LogP contribution in [-0.2, 0) is 13.3 Å². The molecule has 3 nitrogen and oxygen atoms in total. The first-order valence-electron chi connectivity index (χ1n) is 8.25. The summed E-state index contributed by atoms with van der Waals surface area (Å²) >= 11 is 1.91. The first-order chi connectivity index (χ1) is 10.6. The molecule has 0 aromatic heterocycles. The standard InChI is InChI=1S/C17H30O3SSi/c1-6-17(21-15(5)16-13-11-10-12-14-16)22(18-7-2,19-8-3)20-9-4/h10-15,17H,6-9H2,1-5H3. The molecule has 0 bridgehead atoms. The van der Waals surface area contributed by atoms with Crippen molar-refractivity contribution in [3.8, 4) is 0 Å². The zero-order valence-electron chi connectivity index (χ0n) is 14.5. The van der Waals surface area contributed by atoms with Crippen molar-refractivity contribution in [2.75, 3.05) is 19.8 Å². The first kappa shape index (κ1) is 19.7. The molecular weight excluding hydrogens is 312 g/mol. The maximum atomic E-state index is 6.07. The zero-order valence-corrected chi connectivity index (χ0v) is 16.3. The Labute approximate surface area is 141 Å². The van der Waals surface area contributed by atoms with Crippen LogP contribution in [0, 0.1) is 0 Å². The summed E-state index contributed by atoms with van der Waals surface area (Å²) in [5.74, 6) is 0. The Kier molecular flexibility index (Phi) is 9.36. The van der Waals surface area contributed by atoms with Crippen LogP contribution in [0.4, 0.5) is 0 Å². The Morgan fingerprint density at radius 3 is 1.82 bits per heavy atom. The number of hydrogen-bond acceptors (Lipinski definition) is 4. The Bertz CT molecular complexity index is 385. The summed E-state index contributed by atoms with van der Waals surface area (Å²) in [6.07, 6.45) is 0.980. The van der Waals surface area contributed by atoms with Crippen LogP contribution < -0.4 is 0 Å². The largest absolute Gasteiger partial charge is 0.514 e. The molecule has 0 heterocycles. The number of benzene rings is 1. The second-order valence-electron chi connectivity index (χ2n) is 4.99. The van der Waals surface area contributed by atoms with Gasteiger partial charge in [0.1, 0.15) is 0 Å². The van der Waals surface area contributed by atoms with E-state index in [-0.39, 0.29) is 4.87 Å². The smallest absolute Gasteiger partial charge is 0.373 e. The van der Waals surface area contributed by atoms with Crippen LogP contribution in [0.1, 0.15) is 51.9 Å². The minimum absolute atomic E-state index is 0.252. The number of rotatable bonds is 11. The fraction of sp³-hybridized carbons (Fsp3) is 0.647. The van der Waals surface area contributed by atoms with Crippen LogP contribution in [0.3, 0.4) is 0 Å². The van der Waals surface area contributed by atoms with Gasteiger partial charge in [-0.3, -0.25) is 0 Å². The molecule has 2 atom stereocenters. The van der Waals surface area contributed by atoms with Crippen LogP contribution in [0.2, 0.25) is 0 Å². The Morgan fingerprint density at radius 2 is 1.41 bits per heavy atom. The number of thioether (sulfide) groups is 1. The summed E-state index contributed by atoms with van der Waals surface area (Å²) in [6, 6.07) is 10.6. The summed E-state index contributed by atoms with van der Waals surface area (Å²) in [6.45, 7) is 12.3. The van der Waals surface area contributed by atoms with E-state index in [1.807, 2.05) is 32.5 Å². The molecule has 0 spiro atoms. The van der Waals surface area contributed by atoms with Gasteiger partial charge in [-0.2, -0.15) is 0 Å². The predicted molar refractivity (Wildman–Crippen MR) is 97.2 cm³/mol. The van der Waals surface area contributed by atoms with E-state index in [0.29, 0.717) is 25.1 Å². The van der Waals surface area contributed by atoms with E-state index in [2.05, 4.69) is 44.2 Å². The van der Waals surface area contributed by atoms with Crippen molar-refractivity contribution in [1.29, 1.82) is 0 Å². The number of hydrogen-bond donors (Lipinski definition) is 0. The molecule has 2 unspecified atom stereocenters. The van der Waals surface area contributed by atoms with Crippen LogP contribution in [-0.4, -0.2) is 33.5 Å². The highest BCUT2D eigenvalue weighted by Gasteiger charge is 2.49. The third kappa shape index (κ3) is 5.39. The fourth-order valence-electron chi connectivity index (χ4n) is 2.49. The van der Waals surface area contributed by atoms with E-state index in [9.17, 15) is 0 Å². The average Bonchev–Trinajstić information content (AvgIpc) is 2.53. The van der Waals surface area contributed by atoms with Crippen molar-refractivity contribution in [2.45, 2.75) is 51.2 Å². The molecule has 0 amide bonds. The van der Waals surface area contributed by atoms with Gasteiger partial charge < -0.3 is 13.3 Å². The maximum absolute atomic E-state index is 6.07. The van der Waals surface area contributed by atoms with Crippen LogP contribution in [0.15, 0.2) is 30.3 Å². The van der Waals surface area contributed by atoms with Crippen LogP contribution >= 0.6 is 11.8 Å². The topological polar surface area (TPSA) is 27.7 Å². The third-order valence-corrected chi connectivity index (χ3v) is 9.33. The summed E-state index contributed by atoms with van der Waals surface area (Å²) in [5, 5.41) is 0.388. The lowest BCUT2D eigenvalue weighted by Gasteiger charge is -2.35. The van der Waals surface area contributed by atoms with Gasteiger partial charge in [0.15, 0.2) is 0 Å². The van der Waals surface area contributed by atoms with Crippen molar-refractivity contribution >= 4 is 20.6 Å². The average molecular weight is 343 g/mol. The molecule has 0 radical (unpaired) electrons. The minimum Gasteiger partial charge on any atom is -0.373 e. The van der Waals surface area contributed by atoms with Crippen molar-refractivity contribution in [3.63, 3.8) is 0 Å². The Balaban J connectivity index is 2.92. The van der Waals surface area contributed by atoms with Crippen molar-refractivity contribution in [2.24, 2.45) is 0 Å². The molecule has 1 rings (SSSR count). The van der Waals surface area contributed by atoms with E-state index < -0.39 is 8.80 Å². The Hall–Kier alpha value is -0.333. The molecule has 0 aliphatic carbocycles. The van der Waals surface area contributed by atoms with Crippen molar-refractivity contribution in [3.05, 3.63) is 35.9 Å². The van der Waals surface area contributed by atoms with E-state index in [4.69, 9.17) is 13.3 Å². The lowest BCUT2D eigenvalue weighted by atomic mass is 10.2. The van der Waals surface area contributed by atoms with Crippen LogP contribution in [0.25, 0.3) is 0 Å². The molecule has 0 fully saturated rings. The lowest BCUT2D eigenvalue weighted by molar-refractivity contribution is 0.0692. The van der Waals surface area contributed by atoms with Gasteiger partial charge in [-0.05, 0) is 39.7 Å².